The van der Waals surface area contributed by atoms with Crippen molar-refractivity contribution in [1.82, 2.24) is 0 Å². The molecular weight excluding hydrogens is 180 g/mol. The molecule has 1 aromatic heterocycles. The number of rotatable bonds is 3. The summed E-state index contributed by atoms with van der Waals surface area (Å²) >= 11 is 1.68. The molecule has 2 rings (SSSR count). The Balaban J connectivity index is 2.06. The molecule has 0 radical (unpaired) electrons. The second-order valence-electron chi connectivity index (χ2n) is 3.79. The molecule has 1 aliphatic rings. The van der Waals surface area contributed by atoms with Crippen molar-refractivity contribution in [3.63, 3.8) is 0 Å². The maximum Gasteiger partial charge on any atom is 0.1000 e. The van der Waals surface area contributed by atoms with Gasteiger partial charge in [0.15, 0.2) is 0 Å². The fourth-order valence-electron chi connectivity index (χ4n) is 1.53. The minimum atomic E-state index is 0.386. The fraction of sp³-hybridized carbons (Fsp3) is 0.500. The Morgan fingerprint density at radius 1 is 1.62 bits per heavy atom. The van der Waals surface area contributed by atoms with Crippen LogP contribution < -0.4 is 5.73 Å². The maximum atomic E-state index is 8.65. The lowest BCUT2D eigenvalue weighted by Gasteiger charge is -2.09. The van der Waals surface area contributed by atoms with Gasteiger partial charge in [-0.3, -0.25) is 0 Å². The Morgan fingerprint density at radius 3 is 2.85 bits per heavy atom. The highest BCUT2D eigenvalue weighted by atomic mass is 32.1. The molecule has 3 heteroatoms. The average Bonchev–Trinajstić information content (AvgIpc) is 2.77. The van der Waals surface area contributed by atoms with E-state index in [0.717, 1.165) is 18.5 Å². The number of nitrogens with zero attached hydrogens (tertiary/aromatic N) is 1. The van der Waals surface area contributed by atoms with Gasteiger partial charge in [0.25, 0.3) is 0 Å². The van der Waals surface area contributed by atoms with Crippen LogP contribution >= 0.6 is 11.3 Å². The van der Waals surface area contributed by atoms with E-state index in [0.29, 0.717) is 5.41 Å². The van der Waals surface area contributed by atoms with Crippen molar-refractivity contribution in [2.75, 3.05) is 6.54 Å². The van der Waals surface area contributed by atoms with Gasteiger partial charge in [0.2, 0.25) is 0 Å². The molecule has 1 heterocycles. The first-order chi connectivity index (χ1) is 6.28. The summed E-state index contributed by atoms with van der Waals surface area (Å²) < 4.78 is 0. The summed E-state index contributed by atoms with van der Waals surface area (Å²) in [5.74, 6) is 0. The highest BCUT2D eigenvalue weighted by molar-refractivity contribution is 7.10. The highest BCUT2D eigenvalue weighted by Crippen LogP contribution is 2.47. The van der Waals surface area contributed by atoms with Gasteiger partial charge in [-0.05, 0) is 37.3 Å². The normalized spacial score (nSPS) is 18.2. The van der Waals surface area contributed by atoms with Crippen LogP contribution in [0.25, 0.3) is 0 Å². The van der Waals surface area contributed by atoms with Crippen LogP contribution in [0.2, 0.25) is 0 Å². The SMILES string of the molecule is N#Cc1csc(CC2(CN)CC2)c1. The monoisotopic (exact) mass is 192 g/mol. The molecule has 0 aliphatic heterocycles. The van der Waals surface area contributed by atoms with Crippen LogP contribution in [0.5, 0.6) is 0 Å². The third-order valence-corrected chi connectivity index (χ3v) is 3.66. The fourth-order valence-corrected chi connectivity index (χ4v) is 2.52. The molecule has 13 heavy (non-hydrogen) atoms. The van der Waals surface area contributed by atoms with Crippen molar-refractivity contribution in [2.24, 2.45) is 11.1 Å². The standard InChI is InChI=1S/C10H12N2S/c11-5-8-3-9(13-6-8)4-10(7-12)1-2-10/h3,6H,1-2,4,7,12H2. The predicted octanol–water partition coefficient (Wildman–Crippen LogP) is 1.90. The Morgan fingerprint density at radius 2 is 2.38 bits per heavy atom. The number of nitriles is 1. The lowest BCUT2D eigenvalue weighted by molar-refractivity contribution is 0.525. The first kappa shape index (κ1) is 8.74. The van der Waals surface area contributed by atoms with Crippen LogP contribution in [0.3, 0.4) is 0 Å². The minimum absolute atomic E-state index is 0.386. The minimum Gasteiger partial charge on any atom is -0.330 e. The number of hydrogen-bond donors (Lipinski definition) is 1. The molecule has 0 amide bonds. The van der Waals surface area contributed by atoms with E-state index in [-0.39, 0.29) is 0 Å². The van der Waals surface area contributed by atoms with E-state index in [1.807, 2.05) is 11.4 Å². The van der Waals surface area contributed by atoms with E-state index in [1.54, 1.807) is 11.3 Å². The molecule has 1 saturated carbocycles. The van der Waals surface area contributed by atoms with Gasteiger partial charge in [0.1, 0.15) is 0 Å². The van der Waals surface area contributed by atoms with Gasteiger partial charge in [0.05, 0.1) is 11.6 Å². The molecule has 1 aliphatic carbocycles. The maximum absolute atomic E-state index is 8.65. The Bertz CT molecular complexity index is 344. The van der Waals surface area contributed by atoms with Crippen molar-refractivity contribution in [3.05, 3.63) is 21.9 Å². The lowest BCUT2D eigenvalue weighted by atomic mass is 10.0. The smallest absolute Gasteiger partial charge is 0.1000 e. The average molecular weight is 192 g/mol. The zero-order chi connectivity index (χ0) is 9.31. The molecule has 1 fully saturated rings. The summed E-state index contributed by atoms with van der Waals surface area (Å²) in [6.07, 6.45) is 3.57. The van der Waals surface area contributed by atoms with Gasteiger partial charge in [-0.25, -0.2) is 0 Å². The molecule has 0 aromatic carbocycles. The summed E-state index contributed by atoms with van der Waals surface area (Å²) in [5.41, 5.74) is 6.87. The van der Waals surface area contributed by atoms with Crippen LogP contribution in [0.15, 0.2) is 11.4 Å². The van der Waals surface area contributed by atoms with Gasteiger partial charge < -0.3 is 5.73 Å². The van der Waals surface area contributed by atoms with Gasteiger partial charge in [-0.15, -0.1) is 11.3 Å². The summed E-state index contributed by atoms with van der Waals surface area (Å²) in [4.78, 5) is 1.31. The van der Waals surface area contributed by atoms with Crippen molar-refractivity contribution < 1.29 is 0 Å². The molecule has 0 bridgehead atoms. The van der Waals surface area contributed by atoms with Crippen LogP contribution in [0, 0.1) is 16.7 Å². The highest BCUT2D eigenvalue weighted by Gasteiger charge is 2.41. The van der Waals surface area contributed by atoms with Gasteiger partial charge in [-0.2, -0.15) is 5.26 Å². The molecule has 2 N–H and O–H groups in total. The second-order valence-corrected chi connectivity index (χ2v) is 4.79. The summed E-state index contributed by atoms with van der Waals surface area (Å²) in [5, 5.41) is 10.6. The van der Waals surface area contributed by atoms with E-state index in [2.05, 4.69) is 6.07 Å². The first-order valence-corrected chi connectivity index (χ1v) is 5.34. The molecule has 0 saturated heterocycles. The molecule has 0 spiro atoms. The first-order valence-electron chi connectivity index (χ1n) is 4.46. The number of nitrogens with two attached hydrogens (primary N) is 1. The molecular formula is C10H12N2S. The third-order valence-electron chi connectivity index (χ3n) is 2.72. The van der Waals surface area contributed by atoms with E-state index >= 15 is 0 Å². The van der Waals surface area contributed by atoms with Crippen molar-refractivity contribution in [2.45, 2.75) is 19.3 Å². The van der Waals surface area contributed by atoms with E-state index in [4.69, 9.17) is 11.0 Å². The lowest BCUT2D eigenvalue weighted by Crippen LogP contribution is -2.17. The molecule has 2 nitrogen and oxygen atoms in total. The second kappa shape index (κ2) is 3.13. The van der Waals surface area contributed by atoms with Crippen molar-refractivity contribution in [1.29, 1.82) is 5.26 Å². The van der Waals surface area contributed by atoms with E-state index in [1.165, 1.54) is 17.7 Å². The van der Waals surface area contributed by atoms with Crippen LogP contribution in [0.1, 0.15) is 23.3 Å². The van der Waals surface area contributed by atoms with Crippen LogP contribution in [-0.4, -0.2) is 6.54 Å². The summed E-state index contributed by atoms with van der Waals surface area (Å²) in [6, 6.07) is 4.14. The summed E-state index contributed by atoms with van der Waals surface area (Å²) in [7, 11) is 0. The molecule has 0 unspecified atom stereocenters. The molecule has 0 atom stereocenters. The van der Waals surface area contributed by atoms with E-state index < -0.39 is 0 Å². The Labute approximate surface area is 82.0 Å². The Hall–Kier alpha value is -0.850. The van der Waals surface area contributed by atoms with Crippen molar-refractivity contribution in [3.8, 4) is 6.07 Å². The van der Waals surface area contributed by atoms with Crippen LogP contribution in [-0.2, 0) is 6.42 Å². The van der Waals surface area contributed by atoms with Gasteiger partial charge in [-0.1, -0.05) is 0 Å². The zero-order valence-electron chi connectivity index (χ0n) is 7.42. The van der Waals surface area contributed by atoms with Gasteiger partial charge in [0, 0.05) is 10.3 Å². The molecule has 68 valence electrons. The van der Waals surface area contributed by atoms with E-state index in [9.17, 15) is 0 Å². The topological polar surface area (TPSA) is 49.8 Å². The largest absolute Gasteiger partial charge is 0.330 e. The third kappa shape index (κ3) is 1.74. The van der Waals surface area contributed by atoms with Gasteiger partial charge >= 0.3 is 0 Å². The quantitative estimate of drug-likeness (QED) is 0.795. The summed E-state index contributed by atoms with van der Waals surface area (Å²) in [6.45, 7) is 0.785. The van der Waals surface area contributed by atoms with Crippen molar-refractivity contribution >= 4 is 11.3 Å². The number of thiophene rings is 1. The predicted molar refractivity (Wildman–Crippen MR) is 53.5 cm³/mol. The number of hydrogen-bond acceptors (Lipinski definition) is 3. The zero-order valence-corrected chi connectivity index (χ0v) is 8.23. The molecule has 1 aromatic rings. The van der Waals surface area contributed by atoms with Crippen LogP contribution in [0.4, 0.5) is 0 Å². The Kier molecular flexibility index (Phi) is 2.10.